The van der Waals surface area contributed by atoms with Crippen LogP contribution >= 0.6 is 0 Å². The lowest BCUT2D eigenvalue weighted by molar-refractivity contribution is 0.0447. The molecule has 0 aromatic heterocycles. The zero-order valence-electron chi connectivity index (χ0n) is 14.7. The first-order chi connectivity index (χ1) is 12.6. The Morgan fingerprint density at radius 1 is 1.31 bits per heavy atom. The van der Waals surface area contributed by atoms with Crippen molar-refractivity contribution in [1.29, 1.82) is 0 Å². The van der Waals surface area contributed by atoms with E-state index in [9.17, 15) is 9.18 Å². The average molecular weight is 352 g/mol. The molecule has 1 atom stereocenters. The molecule has 0 N–H and O–H groups in total. The molecule has 3 rings (SSSR count). The van der Waals surface area contributed by atoms with Gasteiger partial charge in [0, 0.05) is 13.0 Å². The summed E-state index contributed by atoms with van der Waals surface area (Å²) >= 11 is 0. The van der Waals surface area contributed by atoms with Gasteiger partial charge in [-0.1, -0.05) is 53.2 Å². The number of aryl methyl sites for hydroxylation is 1. The average Bonchev–Trinajstić information content (AvgIpc) is 3.10. The largest absolute Gasteiger partial charge is 0.390 e. The second-order valence-electron chi connectivity index (χ2n) is 6.31. The minimum atomic E-state index is -0.532. The van der Waals surface area contributed by atoms with Crippen LogP contribution in [-0.2, 0) is 4.84 Å². The van der Waals surface area contributed by atoms with Gasteiger partial charge in [-0.05, 0) is 24.6 Å². The van der Waals surface area contributed by atoms with Crippen LogP contribution in [0, 0.1) is 12.7 Å². The zero-order chi connectivity index (χ0) is 18.5. The molecule has 0 bridgehead atoms. The van der Waals surface area contributed by atoms with Crippen molar-refractivity contribution >= 4 is 11.6 Å². The fraction of sp³-hybridized carbons (Fsp3) is 0.238. The van der Waals surface area contributed by atoms with Gasteiger partial charge in [0.2, 0.25) is 0 Å². The van der Waals surface area contributed by atoms with E-state index in [0.29, 0.717) is 19.5 Å². The highest BCUT2D eigenvalue weighted by Gasteiger charge is 2.27. The van der Waals surface area contributed by atoms with Crippen LogP contribution in [-0.4, -0.2) is 35.7 Å². The van der Waals surface area contributed by atoms with Crippen molar-refractivity contribution in [1.82, 2.24) is 4.90 Å². The number of hydrogen-bond acceptors (Lipinski definition) is 3. The van der Waals surface area contributed by atoms with Crippen molar-refractivity contribution in [2.45, 2.75) is 19.4 Å². The molecule has 0 fully saturated rings. The van der Waals surface area contributed by atoms with Gasteiger partial charge >= 0.3 is 0 Å². The number of carbonyl (C=O) groups excluding carboxylic acids is 1. The Hall–Kier alpha value is -2.95. The van der Waals surface area contributed by atoms with E-state index < -0.39 is 5.82 Å². The van der Waals surface area contributed by atoms with Crippen molar-refractivity contribution < 1.29 is 14.0 Å². The number of halogens is 1. The van der Waals surface area contributed by atoms with E-state index in [2.05, 4.69) is 11.7 Å². The van der Waals surface area contributed by atoms with Crippen LogP contribution in [0.2, 0.25) is 0 Å². The number of amides is 1. The highest BCUT2D eigenvalue weighted by Crippen LogP contribution is 2.19. The molecule has 1 heterocycles. The summed E-state index contributed by atoms with van der Waals surface area (Å²) in [6.07, 6.45) is 1.96. The predicted molar refractivity (Wildman–Crippen MR) is 99.7 cm³/mol. The normalized spacial score (nSPS) is 15.9. The quantitative estimate of drug-likeness (QED) is 0.739. The van der Waals surface area contributed by atoms with Gasteiger partial charge in [0.15, 0.2) is 6.10 Å². The van der Waals surface area contributed by atoms with Crippen molar-refractivity contribution in [3.63, 3.8) is 0 Å². The van der Waals surface area contributed by atoms with E-state index in [-0.39, 0.29) is 17.6 Å². The second kappa shape index (κ2) is 7.95. The maximum absolute atomic E-state index is 13.9. The highest BCUT2D eigenvalue weighted by atomic mass is 19.1. The van der Waals surface area contributed by atoms with Crippen molar-refractivity contribution in [3.8, 4) is 0 Å². The van der Waals surface area contributed by atoms with E-state index in [1.165, 1.54) is 22.6 Å². The third-order valence-corrected chi connectivity index (χ3v) is 4.28. The summed E-state index contributed by atoms with van der Waals surface area (Å²) in [7, 11) is 0. The number of nitrogens with zero attached hydrogens (tertiary/aromatic N) is 2. The number of rotatable bonds is 6. The number of oxime groups is 1. The van der Waals surface area contributed by atoms with E-state index in [1.54, 1.807) is 18.2 Å². The summed E-state index contributed by atoms with van der Waals surface area (Å²) in [6, 6.07) is 14.0. The summed E-state index contributed by atoms with van der Waals surface area (Å²) in [5.74, 6) is -0.911. The topological polar surface area (TPSA) is 41.9 Å². The Morgan fingerprint density at radius 3 is 2.73 bits per heavy atom. The maximum Gasteiger partial charge on any atom is 0.257 e. The Kier molecular flexibility index (Phi) is 5.46. The van der Waals surface area contributed by atoms with Crippen LogP contribution in [0.15, 0.2) is 66.3 Å². The molecule has 1 aliphatic heterocycles. The van der Waals surface area contributed by atoms with Gasteiger partial charge in [-0.3, -0.25) is 4.79 Å². The van der Waals surface area contributed by atoms with Crippen molar-refractivity contribution in [2.24, 2.45) is 5.16 Å². The molecular formula is C21H21FN2O2. The lowest BCUT2D eigenvalue weighted by Gasteiger charge is -2.23. The molecule has 0 aliphatic carbocycles. The van der Waals surface area contributed by atoms with Gasteiger partial charge < -0.3 is 9.74 Å². The van der Waals surface area contributed by atoms with Gasteiger partial charge in [-0.2, -0.15) is 0 Å². The Balaban J connectivity index is 1.68. The maximum atomic E-state index is 13.9. The fourth-order valence-electron chi connectivity index (χ4n) is 2.89. The molecular weight excluding hydrogens is 331 g/mol. The second-order valence-corrected chi connectivity index (χ2v) is 6.31. The van der Waals surface area contributed by atoms with Crippen LogP contribution in [0.5, 0.6) is 0 Å². The highest BCUT2D eigenvalue weighted by molar-refractivity contribution is 6.01. The molecule has 134 valence electrons. The number of benzene rings is 2. The molecule has 4 nitrogen and oxygen atoms in total. The monoisotopic (exact) mass is 352 g/mol. The molecule has 0 spiro atoms. The first kappa shape index (κ1) is 17.9. The lowest BCUT2D eigenvalue weighted by atomic mass is 10.0. The molecule has 1 unspecified atom stereocenters. The summed E-state index contributed by atoms with van der Waals surface area (Å²) in [4.78, 5) is 19.7. The minimum absolute atomic E-state index is 0.0482. The van der Waals surface area contributed by atoms with Gasteiger partial charge in [0.1, 0.15) is 5.82 Å². The molecule has 0 saturated heterocycles. The van der Waals surface area contributed by atoms with Crippen LogP contribution < -0.4 is 0 Å². The molecule has 5 heteroatoms. The van der Waals surface area contributed by atoms with Crippen LogP contribution in [0.1, 0.15) is 27.9 Å². The summed E-state index contributed by atoms with van der Waals surface area (Å²) < 4.78 is 13.9. The zero-order valence-corrected chi connectivity index (χ0v) is 14.7. The van der Waals surface area contributed by atoms with Crippen LogP contribution in [0.4, 0.5) is 4.39 Å². The van der Waals surface area contributed by atoms with E-state index in [4.69, 9.17) is 4.84 Å². The van der Waals surface area contributed by atoms with Gasteiger partial charge in [-0.25, -0.2) is 4.39 Å². The van der Waals surface area contributed by atoms with E-state index in [1.807, 2.05) is 31.2 Å². The van der Waals surface area contributed by atoms with Crippen molar-refractivity contribution in [3.05, 3.63) is 83.7 Å². The number of hydrogen-bond donors (Lipinski definition) is 0. The Labute approximate surface area is 152 Å². The predicted octanol–water partition coefficient (Wildman–Crippen LogP) is 3.96. The first-order valence-corrected chi connectivity index (χ1v) is 8.53. The smallest absolute Gasteiger partial charge is 0.257 e. The van der Waals surface area contributed by atoms with Gasteiger partial charge in [0.25, 0.3) is 5.91 Å². The molecule has 2 aromatic carbocycles. The molecule has 0 radical (unpaired) electrons. The van der Waals surface area contributed by atoms with E-state index in [0.717, 1.165) is 11.3 Å². The molecule has 26 heavy (non-hydrogen) atoms. The minimum Gasteiger partial charge on any atom is -0.390 e. The summed E-state index contributed by atoms with van der Waals surface area (Å²) in [5, 5.41) is 4.16. The lowest BCUT2D eigenvalue weighted by Crippen LogP contribution is -2.38. The summed E-state index contributed by atoms with van der Waals surface area (Å²) in [5.41, 5.74) is 3.09. The number of carbonyl (C=O) groups is 1. The van der Waals surface area contributed by atoms with Crippen molar-refractivity contribution in [2.75, 3.05) is 13.1 Å². The third kappa shape index (κ3) is 3.99. The van der Waals surface area contributed by atoms with E-state index >= 15 is 0 Å². The van der Waals surface area contributed by atoms with Crippen LogP contribution in [0.25, 0.3) is 0 Å². The Morgan fingerprint density at radius 2 is 2.04 bits per heavy atom. The first-order valence-electron chi connectivity index (χ1n) is 8.53. The Bertz CT molecular complexity index is 830. The van der Waals surface area contributed by atoms with Crippen LogP contribution in [0.3, 0.4) is 0 Å². The molecule has 2 aromatic rings. The third-order valence-electron chi connectivity index (χ3n) is 4.28. The SMILES string of the molecule is C=CCN(CC1CC(c2ccc(C)cc2)=NO1)C(=O)c1ccccc1F. The molecule has 0 saturated carbocycles. The van der Waals surface area contributed by atoms with Gasteiger partial charge in [0.05, 0.1) is 17.8 Å². The fourth-order valence-corrected chi connectivity index (χ4v) is 2.89. The summed E-state index contributed by atoms with van der Waals surface area (Å²) in [6.45, 7) is 6.35. The molecule has 1 aliphatic rings. The standard InChI is InChI=1S/C21H21FN2O2/c1-3-12-24(21(25)18-6-4-5-7-19(18)22)14-17-13-20(23-26-17)16-10-8-15(2)9-11-16/h3-11,17H,1,12-14H2,2H3. The van der Waals surface area contributed by atoms with Gasteiger partial charge in [-0.15, -0.1) is 6.58 Å². The molecule has 1 amide bonds.